The Morgan fingerprint density at radius 3 is 0.473 bits per heavy atom. The van der Waals surface area contributed by atoms with Gasteiger partial charge in [0.25, 0.3) is 0 Å². The second-order valence-electron chi connectivity index (χ2n) is 4.12. The number of hydrogen-bond acceptors (Lipinski definition) is 52. The summed E-state index contributed by atoms with van der Waals surface area (Å²) in [6.07, 6.45) is 2.96. The second kappa shape index (κ2) is 50.7. The van der Waals surface area contributed by atoms with Crippen molar-refractivity contribution in [2.75, 3.05) is 19.6 Å². The molecule has 0 aliphatic carbocycles. The minimum absolute atomic E-state index is 0.181. The third-order valence-corrected chi connectivity index (χ3v) is 2.04. The van der Waals surface area contributed by atoms with Gasteiger partial charge in [-0.15, -0.1) is 8.67 Å². The topological polar surface area (TPSA) is 456 Å². The molecule has 0 aliphatic heterocycles. The third-order valence-electron chi connectivity index (χ3n) is 1.66. The first-order chi connectivity index (χ1) is 27.3. The molecule has 0 rings (SSSR count). The molecule has 55 heavy (non-hydrogen) atoms. The van der Waals surface area contributed by atoms with Gasteiger partial charge in [0.15, 0.2) is 0 Å². The van der Waals surface area contributed by atoms with Crippen molar-refractivity contribution in [3.05, 3.63) is 0 Å². The molecule has 0 saturated carbocycles. The van der Waals surface area contributed by atoms with Crippen LogP contribution in [0.25, 0.3) is 0 Å². The van der Waals surface area contributed by atoms with Crippen molar-refractivity contribution in [2.24, 2.45) is 0 Å². The van der Waals surface area contributed by atoms with Crippen LogP contribution in [0.5, 0.6) is 0 Å². The van der Waals surface area contributed by atoms with E-state index in [-0.39, 0.29) is 5.23 Å². The van der Waals surface area contributed by atoms with Gasteiger partial charge in [-0.1, -0.05) is 9.98 Å². The monoisotopic (exact) mass is 907 g/mol. The molecule has 0 N–H and O–H groups in total. The summed E-state index contributed by atoms with van der Waals surface area (Å²) in [7, 11) is 0.927. The van der Waals surface area contributed by atoms with Crippen molar-refractivity contribution >= 4 is 24.1 Å². The predicted octanol–water partition coefficient (Wildman–Crippen LogP) is -1.88. The molecule has 0 amide bonds. The second-order valence-corrected chi connectivity index (χ2v) is 5.06. The van der Waals surface area contributed by atoms with Crippen LogP contribution in [0.1, 0.15) is 0 Å². The highest BCUT2D eigenvalue weighted by Gasteiger charge is 2.07. The van der Waals surface area contributed by atoms with Gasteiger partial charge in [-0.2, -0.15) is 0 Å². The van der Waals surface area contributed by atoms with E-state index >= 15 is 0 Å². The lowest BCUT2D eigenvalue weighted by Gasteiger charge is -2.08. The molecular formula is C3H9NO49S2. The first kappa shape index (κ1) is 53.7. The van der Waals surface area contributed by atoms with Crippen LogP contribution >= 0.6 is 24.1 Å². The highest BCUT2D eigenvalue weighted by molar-refractivity contribution is 7.94. The van der Waals surface area contributed by atoms with Gasteiger partial charge >= 0.3 is 0 Å². The molecule has 0 spiro atoms. The molecule has 0 aliphatic rings. The van der Waals surface area contributed by atoms with Crippen molar-refractivity contribution in [2.45, 2.75) is 0 Å². The molecule has 0 fully saturated rings. The maximum Gasteiger partial charge on any atom is 0.0468 e. The molecule has 0 bridgehead atoms. The summed E-state index contributed by atoms with van der Waals surface area (Å²) in [5.41, 5.74) is 0. The van der Waals surface area contributed by atoms with E-state index in [0.717, 1.165) is 31.1 Å². The third kappa shape index (κ3) is 50.7. The van der Waals surface area contributed by atoms with Crippen LogP contribution in [-0.4, -0.2) is 24.8 Å². The summed E-state index contributed by atoms with van der Waals surface area (Å²) in [5.74, 6) is 0. The fraction of sp³-hybridized carbons (Fsp3) is 1.00. The molecule has 332 valence electrons. The number of hydroxylamine groups is 2. The van der Waals surface area contributed by atoms with E-state index in [1.165, 1.54) is 12.5 Å². The van der Waals surface area contributed by atoms with Crippen molar-refractivity contribution in [3.63, 3.8) is 0 Å². The largest absolute Gasteiger partial charge is 0.130 e. The van der Waals surface area contributed by atoms with Crippen molar-refractivity contribution in [1.29, 1.82) is 0 Å². The summed E-state index contributed by atoms with van der Waals surface area (Å²) in [4.78, 5) is 8.10. The Balaban J connectivity index is 3.14. The van der Waals surface area contributed by atoms with Crippen molar-refractivity contribution in [1.82, 2.24) is 5.23 Å². The zero-order valence-electron chi connectivity index (χ0n) is 24.3. The smallest absolute Gasteiger partial charge is 0.0468 e. The Hall–Kier alpha value is -1.30. The van der Waals surface area contributed by atoms with Crippen LogP contribution in [-0.2, 0) is 245 Å². The van der Waals surface area contributed by atoms with Crippen LogP contribution in [0.3, 0.4) is 0 Å². The molecule has 50 nitrogen and oxygen atoms in total. The average Bonchev–Trinajstić information content (AvgIpc) is 3.19. The standard InChI is InChI=1S/C3H9NO49S2/c1-4(6-8-10-12-14-16-18-20-22-24-26-28-30-32-34-36-38-40-42-44-46-48-50-52-54-2)5-7-9-11-13-15-17-19-21-23-25-27-29-31-33-35-37-39-41-43-45-47-49-51-53-55-3/h1-3H3. The summed E-state index contributed by atoms with van der Waals surface area (Å²) in [6, 6.07) is 0. The molecule has 0 aromatic heterocycles. The van der Waals surface area contributed by atoms with Gasteiger partial charge in [-0.05, 0) is 161 Å². The molecule has 0 atom stereocenters. The molecule has 0 radical (unpaired) electrons. The highest BCUT2D eigenvalue weighted by atomic mass is 32.2. The molecule has 0 aromatic rings. The van der Waals surface area contributed by atoms with Gasteiger partial charge in [0.1, 0.15) is 0 Å². The zero-order valence-corrected chi connectivity index (χ0v) is 25.9. The fourth-order valence-corrected chi connectivity index (χ4v) is 0.823. The number of nitrogens with zero attached hydrogens (tertiary/aromatic N) is 1. The summed E-state index contributed by atoms with van der Waals surface area (Å²) in [5, 5.41) is 161. The van der Waals surface area contributed by atoms with Crippen LogP contribution in [0.4, 0.5) is 0 Å². The highest BCUT2D eigenvalue weighted by Crippen LogP contribution is 2.00. The van der Waals surface area contributed by atoms with E-state index in [2.05, 4.69) is 245 Å². The number of rotatable bonds is 51. The molecule has 0 heterocycles. The van der Waals surface area contributed by atoms with E-state index < -0.39 is 0 Å². The maximum atomic E-state index is 4.09. The molecule has 0 unspecified atom stereocenters. The Morgan fingerprint density at radius 2 is 0.327 bits per heavy atom. The normalized spacial score (nSPS) is 11.8. The maximum absolute atomic E-state index is 4.09. The van der Waals surface area contributed by atoms with E-state index in [1.807, 2.05) is 0 Å². The van der Waals surface area contributed by atoms with E-state index in [9.17, 15) is 0 Å². The predicted molar refractivity (Wildman–Crippen MR) is 88.0 cm³/mol. The molecule has 0 saturated heterocycles. The first-order valence-electron chi connectivity index (χ1n) is 9.80. The van der Waals surface area contributed by atoms with E-state index in [4.69, 9.17) is 0 Å². The first-order valence-corrected chi connectivity index (χ1v) is 12.1. The van der Waals surface area contributed by atoms with Gasteiger partial charge in [0, 0.05) is 114 Å². The lowest BCUT2D eigenvalue weighted by molar-refractivity contribution is -0.903. The Labute approximate surface area is 295 Å². The van der Waals surface area contributed by atoms with Crippen LogP contribution in [0.15, 0.2) is 0 Å². The van der Waals surface area contributed by atoms with Gasteiger partial charge < -0.3 is 0 Å². The Morgan fingerprint density at radius 1 is 0.200 bits per heavy atom. The van der Waals surface area contributed by atoms with Crippen molar-refractivity contribution in [3.8, 4) is 0 Å². The van der Waals surface area contributed by atoms with Gasteiger partial charge in [-0.3, -0.25) is 0 Å². The van der Waals surface area contributed by atoms with E-state index in [0.29, 0.717) is 0 Å². The minimum Gasteiger partial charge on any atom is -0.130 e. The number of hydrogen-bond donors (Lipinski definition) is 0. The fourth-order valence-electron chi connectivity index (χ4n) is 0.666. The summed E-state index contributed by atoms with van der Waals surface area (Å²) in [6.45, 7) is 0. The Bertz CT molecular complexity index is 658. The summed E-state index contributed by atoms with van der Waals surface area (Å²) >= 11 is 1.50. The quantitative estimate of drug-likeness (QED) is 0.0279. The zero-order chi connectivity index (χ0) is 39.6. The summed E-state index contributed by atoms with van der Waals surface area (Å²) < 4.78 is 8.18. The average molecular weight is 907 g/mol. The van der Waals surface area contributed by atoms with Gasteiger partial charge in [0.2, 0.25) is 0 Å². The van der Waals surface area contributed by atoms with Crippen molar-refractivity contribution < 1.29 is 245 Å². The van der Waals surface area contributed by atoms with E-state index in [1.54, 1.807) is 0 Å². The molecule has 52 heteroatoms. The lowest BCUT2D eigenvalue weighted by atomic mass is 11.5. The SMILES string of the molecule is CSOOOOOOOOOOOOOOOOOOOOOOOOON(C)OOOOOOOOOOOOOOOOOOOOOOOOSC. The van der Waals surface area contributed by atoms with Gasteiger partial charge in [0.05, 0.1) is 0 Å². The minimum atomic E-state index is 0.181. The van der Waals surface area contributed by atoms with Crippen LogP contribution < -0.4 is 0 Å². The van der Waals surface area contributed by atoms with Crippen LogP contribution in [0.2, 0.25) is 0 Å². The van der Waals surface area contributed by atoms with Crippen LogP contribution in [0, 0.1) is 0 Å². The molecule has 0 aromatic carbocycles. The Kier molecular flexibility index (Phi) is 49.5. The lowest BCUT2D eigenvalue weighted by Crippen LogP contribution is -2.20. The van der Waals surface area contributed by atoms with Gasteiger partial charge in [-0.25, -0.2) is 0 Å². The molecular weight excluding hydrogens is 898 g/mol.